The Kier molecular flexibility index (Phi) is 5.83. The summed E-state index contributed by atoms with van der Waals surface area (Å²) in [5.74, 6) is -0.618. The number of halogens is 1. The van der Waals surface area contributed by atoms with Gasteiger partial charge in [0.2, 0.25) is 11.8 Å². The summed E-state index contributed by atoms with van der Waals surface area (Å²) in [4.78, 5) is 27.7. The van der Waals surface area contributed by atoms with Gasteiger partial charge in [-0.05, 0) is 18.1 Å². The first-order valence-corrected chi connectivity index (χ1v) is 9.89. The number of rotatable bonds is 5. The van der Waals surface area contributed by atoms with E-state index in [-0.39, 0.29) is 30.7 Å². The van der Waals surface area contributed by atoms with Gasteiger partial charge >= 0.3 is 0 Å². The molecule has 27 heavy (non-hydrogen) atoms. The Bertz CT molecular complexity index is 836. The van der Waals surface area contributed by atoms with Gasteiger partial charge in [-0.3, -0.25) is 9.59 Å². The van der Waals surface area contributed by atoms with Crippen LogP contribution in [-0.2, 0) is 9.59 Å². The molecule has 3 heterocycles. The van der Waals surface area contributed by atoms with Crippen LogP contribution in [0.1, 0.15) is 26.3 Å². The van der Waals surface area contributed by atoms with Crippen LogP contribution in [0, 0.1) is 5.92 Å². The number of hydrogen-bond donors (Lipinski definition) is 2. The number of aliphatic hydroxyl groups excluding tert-OH is 1. The van der Waals surface area contributed by atoms with E-state index in [1.165, 1.54) is 28.0 Å². The second kappa shape index (κ2) is 7.95. The Balaban J connectivity index is 1.88. The fourth-order valence-electron chi connectivity index (χ4n) is 3.32. The lowest BCUT2D eigenvalue weighted by molar-refractivity contribution is -0.142. The molecule has 0 spiro atoms. The number of β-amino-alcohol motifs (C(OH)–C–C–N with tert-alkyl or cyclic N) is 1. The molecule has 146 valence electrons. The number of nitrogens with one attached hydrogen (secondary N) is 1. The van der Waals surface area contributed by atoms with E-state index in [0.717, 1.165) is 4.88 Å². The number of carbonyl (C=O) groups is 2. The number of thiophene rings is 1. The van der Waals surface area contributed by atoms with Gasteiger partial charge in [-0.1, -0.05) is 30.7 Å². The summed E-state index contributed by atoms with van der Waals surface area (Å²) >= 11 is 7.36. The number of hydrogen-bond acceptors (Lipinski definition) is 6. The van der Waals surface area contributed by atoms with Crippen molar-refractivity contribution in [3.8, 4) is 10.6 Å². The molecule has 0 radical (unpaired) electrons. The highest BCUT2D eigenvalue weighted by Gasteiger charge is 2.42. The minimum atomic E-state index is -0.719. The summed E-state index contributed by atoms with van der Waals surface area (Å²) in [6, 6.07) is 2.33. The summed E-state index contributed by atoms with van der Waals surface area (Å²) in [7, 11) is 1.52. The highest BCUT2D eigenvalue weighted by atomic mass is 35.5. The van der Waals surface area contributed by atoms with Crippen LogP contribution >= 0.6 is 22.9 Å². The molecule has 3 rings (SSSR count). The van der Waals surface area contributed by atoms with Crippen molar-refractivity contribution in [1.29, 1.82) is 0 Å². The first-order chi connectivity index (χ1) is 12.8. The monoisotopic (exact) mass is 411 g/mol. The third-order valence-corrected chi connectivity index (χ3v) is 5.87. The van der Waals surface area contributed by atoms with Crippen molar-refractivity contribution in [3.05, 3.63) is 22.7 Å². The largest absolute Gasteiger partial charge is 0.391 e. The molecule has 1 aliphatic heterocycles. The molecule has 2 aromatic heterocycles. The Morgan fingerprint density at radius 3 is 2.74 bits per heavy atom. The number of likely N-dealkylation sites (tertiary alicyclic amines) is 1. The summed E-state index contributed by atoms with van der Waals surface area (Å²) < 4.78 is 2.18. The van der Waals surface area contributed by atoms with E-state index in [4.69, 9.17) is 11.6 Å². The zero-order chi connectivity index (χ0) is 19.7. The average Bonchev–Trinajstić information content (AvgIpc) is 3.33. The standard InChI is InChI=1S/C17H22ClN5O3S/c1-9(2)15(17(26)22-7-10(24)6-12(22)16(25)19-3)23-8-11(20-21-23)13-4-5-14(18)27-13/h4-5,8-10,12,15,24H,6-7H2,1-3H3,(H,19,25)/t10-,12+,15?/m1/s1. The summed E-state index contributed by atoms with van der Waals surface area (Å²) in [5.41, 5.74) is 0.634. The second-order valence-electron chi connectivity index (χ2n) is 6.89. The van der Waals surface area contributed by atoms with Gasteiger partial charge in [-0.25, -0.2) is 4.68 Å². The minimum Gasteiger partial charge on any atom is -0.391 e. The predicted molar refractivity (Wildman–Crippen MR) is 102 cm³/mol. The van der Waals surface area contributed by atoms with Crippen molar-refractivity contribution in [2.24, 2.45) is 5.92 Å². The first kappa shape index (κ1) is 19.8. The van der Waals surface area contributed by atoms with Crippen LogP contribution in [-0.4, -0.2) is 62.6 Å². The van der Waals surface area contributed by atoms with Crippen LogP contribution in [0.25, 0.3) is 10.6 Å². The Morgan fingerprint density at radius 2 is 2.15 bits per heavy atom. The highest BCUT2D eigenvalue weighted by Crippen LogP contribution is 2.31. The Morgan fingerprint density at radius 1 is 1.41 bits per heavy atom. The van der Waals surface area contributed by atoms with Crippen LogP contribution in [0.5, 0.6) is 0 Å². The SMILES string of the molecule is CNC(=O)[C@@H]1C[C@@H](O)CN1C(=O)C(C(C)C)n1cc(-c2ccc(Cl)s2)nn1. The topological polar surface area (TPSA) is 100 Å². The molecular formula is C17H22ClN5O3S. The van der Waals surface area contributed by atoms with Gasteiger partial charge in [0.15, 0.2) is 0 Å². The molecule has 2 aromatic rings. The summed E-state index contributed by atoms with van der Waals surface area (Å²) in [6.07, 6.45) is 1.22. The number of aromatic nitrogens is 3. The minimum absolute atomic E-state index is 0.0814. The quantitative estimate of drug-likeness (QED) is 0.777. The maximum Gasteiger partial charge on any atom is 0.248 e. The van der Waals surface area contributed by atoms with Crippen LogP contribution in [0.4, 0.5) is 0 Å². The van der Waals surface area contributed by atoms with Crippen LogP contribution in [0.15, 0.2) is 18.3 Å². The molecule has 8 nitrogen and oxygen atoms in total. The maximum absolute atomic E-state index is 13.2. The lowest BCUT2D eigenvalue weighted by Gasteiger charge is -2.29. The third-order valence-electron chi connectivity index (χ3n) is 4.62. The molecule has 10 heteroatoms. The van der Waals surface area contributed by atoms with Crippen molar-refractivity contribution in [1.82, 2.24) is 25.2 Å². The van der Waals surface area contributed by atoms with E-state index in [2.05, 4.69) is 15.6 Å². The number of carbonyl (C=O) groups excluding carboxylic acids is 2. The number of aliphatic hydroxyl groups is 1. The van der Waals surface area contributed by atoms with Gasteiger partial charge in [-0.15, -0.1) is 16.4 Å². The molecule has 1 fully saturated rings. The molecule has 3 atom stereocenters. The third kappa shape index (κ3) is 3.99. The maximum atomic E-state index is 13.2. The van der Waals surface area contributed by atoms with E-state index in [9.17, 15) is 14.7 Å². The van der Waals surface area contributed by atoms with Crippen molar-refractivity contribution in [2.45, 2.75) is 38.5 Å². The van der Waals surface area contributed by atoms with Crippen molar-refractivity contribution >= 4 is 34.8 Å². The molecule has 2 amide bonds. The lowest BCUT2D eigenvalue weighted by Crippen LogP contribution is -2.48. The lowest BCUT2D eigenvalue weighted by atomic mass is 10.0. The van der Waals surface area contributed by atoms with E-state index >= 15 is 0 Å². The van der Waals surface area contributed by atoms with Gasteiger partial charge in [-0.2, -0.15) is 0 Å². The van der Waals surface area contributed by atoms with E-state index in [1.54, 1.807) is 12.3 Å². The smallest absolute Gasteiger partial charge is 0.248 e. The highest BCUT2D eigenvalue weighted by molar-refractivity contribution is 7.19. The molecule has 0 aliphatic carbocycles. The Hall–Kier alpha value is -1.97. The molecule has 1 aliphatic rings. The van der Waals surface area contributed by atoms with Crippen molar-refractivity contribution < 1.29 is 14.7 Å². The first-order valence-electron chi connectivity index (χ1n) is 8.69. The van der Waals surface area contributed by atoms with Crippen molar-refractivity contribution in [3.63, 3.8) is 0 Å². The molecule has 1 unspecified atom stereocenters. The predicted octanol–water partition coefficient (Wildman–Crippen LogP) is 1.56. The summed E-state index contributed by atoms with van der Waals surface area (Å²) in [5, 5.41) is 20.9. The zero-order valence-electron chi connectivity index (χ0n) is 15.3. The number of amides is 2. The molecule has 2 N–H and O–H groups in total. The molecule has 0 bridgehead atoms. The molecule has 0 saturated carbocycles. The zero-order valence-corrected chi connectivity index (χ0v) is 16.9. The number of nitrogens with zero attached hydrogens (tertiary/aromatic N) is 4. The molecule has 1 saturated heterocycles. The fraction of sp³-hybridized carbons (Fsp3) is 0.529. The van der Waals surface area contributed by atoms with E-state index < -0.39 is 18.2 Å². The van der Waals surface area contributed by atoms with Gasteiger partial charge in [0, 0.05) is 20.0 Å². The molecular weight excluding hydrogens is 390 g/mol. The van der Waals surface area contributed by atoms with Crippen molar-refractivity contribution in [2.75, 3.05) is 13.6 Å². The van der Waals surface area contributed by atoms with Gasteiger partial charge in [0.1, 0.15) is 17.8 Å². The van der Waals surface area contributed by atoms with Crippen LogP contribution < -0.4 is 5.32 Å². The Labute approximate surface area is 166 Å². The van der Waals surface area contributed by atoms with Gasteiger partial charge in [0.25, 0.3) is 0 Å². The second-order valence-corrected chi connectivity index (χ2v) is 8.60. The van der Waals surface area contributed by atoms with Gasteiger partial charge in [0.05, 0.1) is 21.5 Å². The van der Waals surface area contributed by atoms with Crippen LogP contribution in [0.2, 0.25) is 4.34 Å². The van der Waals surface area contributed by atoms with E-state index in [0.29, 0.717) is 10.0 Å². The number of likely N-dealkylation sites (N-methyl/N-ethyl adjacent to an activating group) is 1. The average molecular weight is 412 g/mol. The van der Waals surface area contributed by atoms with Crippen LogP contribution in [0.3, 0.4) is 0 Å². The normalized spacial score (nSPS) is 20.9. The summed E-state index contributed by atoms with van der Waals surface area (Å²) in [6.45, 7) is 3.95. The fourth-order valence-corrected chi connectivity index (χ4v) is 4.32. The molecule has 0 aromatic carbocycles. The van der Waals surface area contributed by atoms with E-state index in [1.807, 2.05) is 19.9 Å². The van der Waals surface area contributed by atoms with Gasteiger partial charge < -0.3 is 15.3 Å².